The second-order valence-corrected chi connectivity index (χ2v) is 7.69. The van der Waals surface area contributed by atoms with Gasteiger partial charge in [0.1, 0.15) is 0 Å². The zero-order chi connectivity index (χ0) is 20.4. The molecule has 1 aromatic heterocycles. The Labute approximate surface area is 168 Å². The first-order valence-corrected chi connectivity index (χ1v) is 10.0. The van der Waals surface area contributed by atoms with Gasteiger partial charge in [0.25, 0.3) is 0 Å². The molecule has 1 aliphatic carbocycles. The monoisotopic (exact) mass is 396 g/mol. The molecule has 29 heavy (non-hydrogen) atoms. The molecule has 8 nitrogen and oxygen atoms in total. The molecule has 8 heteroatoms. The minimum absolute atomic E-state index is 0.0904. The number of hydrogen-bond acceptors (Lipinski definition) is 6. The Hall–Kier alpha value is -3.03. The Morgan fingerprint density at radius 3 is 2.41 bits per heavy atom. The van der Waals surface area contributed by atoms with Crippen LogP contribution >= 0.6 is 0 Å². The molecule has 0 unspecified atom stereocenters. The summed E-state index contributed by atoms with van der Waals surface area (Å²) in [4.78, 5) is 40.3. The molecule has 0 N–H and O–H groups in total. The molecule has 2 aromatic rings. The second-order valence-electron chi connectivity index (χ2n) is 7.69. The normalized spacial score (nSPS) is 21.3. The van der Waals surface area contributed by atoms with Crippen molar-refractivity contribution < 1.29 is 18.8 Å². The lowest BCUT2D eigenvalue weighted by molar-refractivity contribution is -0.140. The van der Waals surface area contributed by atoms with Crippen molar-refractivity contribution in [3.63, 3.8) is 0 Å². The van der Waals surface area contributed by atoms with Crippen molar-refractivity contribution in [2.75, 3.05) is 13.6 Å². The van der Waals surface area contributed by atoms with E-state index in [1.54, 1.807) is 7.05 Å². The Kier molecular flexibility index (Phi) is 5.42. The van der Waals surface area contributed by atoms with Crippen LogP contribution in [0.4, 0.5) is 0 Å². The Morgan fingerprint density at radius 2 is 1.76 bits per heavy atom. The van der Waals surface area contributed by atoms with Crippen LogP contribution in [0.2, 0.25) is 0 Å². The van der Waals surface area contributed by atoms with E-state index in [0.29, 0.717) is 11.8 Å². The van der Waals surface area contributed by atoms with Gasteiger partial charge in [-0.05, 0) is 25.0 Å². The molecular weight excluding hydrogens is 372 g/mol. The molecule has 4 rings (SSSR count). The maximum atomic E-state index is 12.5. The number of aromatic nitrogens is 2. The first-order chi connectivity index (χ1) is 14.0. The number of benzene rings is 1. The van der Waals surface area contributed by atoms with Crippen LogP contribution in [0, 0.1) is 11.8 Å². The average Bonchev–Trinajstić information content (AvgIpc) is 3.31. The lowest BCUT2D eigenvalue weighted by Crippen LogP contribution is -2.36. The number of imide groups is 1. The van der Waals surface area contributed by atoms with Gasteiger partial charge in [0, 0.05) is 25.6 Å². The first kappa shape index (κ1) is 19.3. The molecule has 1 aromatic carbocycles. The van der Waals surface area contributed by atoms with E-state index in [0.717, 1.165) is 31.2 Å². The minimum Gasteiger partial charge on any atom is -0.419 e. The highest BCUT2D eigenvalue weighted by atomic mass is 16.4. The van der Waals surface area contributed by atoms with Gasteiger partial charge in [-0.1, -0.05) is 31.0 Å². The van der Waals surface area contributed by atoms with E-state index in [-0.39, 0.29) is 49.1 Å². The third kappa shape index (κ3) is 3.92. The summed E-state index contributed by atoms with van der Waals surface area (Å²) in [6.45, 7) is 0.304. The van der Waals surface area contributed by atoms with Crippen molar-refractivity contribution in [1.82, 2.24) is 20.0 Å². The fourth-order valence-corrected chi connectivity index (χ4v) is 4.16. The molecule has 2 heterocycles. The molecule has 152 valence electrons. The van der Waals surface area contributed by atoms with Crippen LogP contribution in [0.1, 0.15) is 38.0 Å². The van der Waals surface area contributed by atoms with E-state index >= 15 is 0 Å². The molecule has 2 fully saturated rings. The van der Waals surface area contributed by atoms with Crippen molar-refractivity contribution in [3.8, 4) is 11.5 Å². The van der Waals surface area contributed by atoms with E-state index in [1.807, 2.05) is 30.3 Å². The highest BCUT2D eigenvalue weighted by Crippen LogP contribution is 2.38. The third-order valence-corrected chi connectivity index (χ3v) is 5.77. The zero-order valence-electron chi connectivity index (χ0n) is 16.4. The largest absolute Gasteiger partial charge is 0.419 e. The SMILES string of the molecule is CN(Cc1nnc(-c2ccccc2)o1)C(=O)CCN1C(=O)[C@H]2CCCC[C@@H]2C1=O. The van der Waals surface area contributed by atoms with Crippen LogP contribution in [-0.2, 0) is 20.9 Å². The van der Waals surface area contributed by atoms with E-state index in [2.05, 4.69) is 10.2 Å². The van der Waals surface area contributed by atoms with Gasteiger partial charge < -0.3 is 9.32 Å². The molecule has 2 aliphatic rings. The fourth-order valence-electron chi connectivity index (χ4n) is 4.16. The summed E-state index contributed by atoms with van der Waals surface area (Å²) in [6.07, 6.45) is 3.63. The first-order valence-electron chi connectivity index (χ1n) is 10.0. The average molecular weight is 396 g/mol. The van der Waals surface area contributed by atoms with E-state index in [1.165, 1.54) is 9.80 Å². The van der Waals surface area contributed by atoms with Gasteiger partial charge in [-0.2, -0.15) is 0 Å². The number of carbonyl (C=O) groups excluding carboxylic acids is 3. The van der Waals surface area contributed by atoms with Crippen molar-refractivity contribution >= 4 is 17.7 Å². The van der Waals surface area contributed by atoms with Gasteiger partial charge in [-0.15, -0.1) is 10.2 Å². The lowest BCUT2D eigenvalue weighted by Gasteiger charge is -2.19. The molecule has 1 saturated heterocycles. The maximum absolute atomic E-state index is 12.5. The molecule has 3 amide bonds. The molecule has 0 bridgehead atoms. The van der Waals surface area contributed by atoms with Crippen LogP contribution in [0.25, 0.3) is 11.5 Å². The van der Waals surface area contributed by atoms with Crippen LogP contribution in [0.5, 0.6) is 0 Å². The van der Waals surface area contributed by atoms with Gasteiger partial charge >= 0.3 is 0 Å². The predicted molar refractivity (Wildman–Crippen MR) is 103 cm³/mol. The number of hydrogen-bond donors (Lipinski definition) is 0. The van der Waals surface area contributed by atoms with E-state index in [9.17, 15) is 14.4 Å². The molecule has 0 spiro atoms. The standard InChI is InChI=1S/C21H24N4O4/c1-24(13-17-22-23-19(29-17)14-7-3-2-4-8-14)18(26)11-12-25-20(27)15-9-5-6-10-16(15)21(25)28/h2-4,7-8,15-16H,5-6,9-13H2,1H3/t15-,16-/m0/s1. The van der Waals surface area contributed by atoms with Crippen LogP contribution in [-0.4, -0.2) is 51.3 Å². The van der Waals surface area contributed by atoms with Crippen LogP contribution < -0.4 is 0 Å². The summed E-state index contributed by atoms with van der Waals surface area (Å²) in [5, 5.41) is 8.01. The molecular formula is C21H24N4O4. The van der Waals surface area contributed by atoms with Crippen molar-refractivity contribution in [3.05, 3.63) is 36.2 Å². The van der Waals surface area contributed by atoms with Crippen molar-refractivity contribution in [2.45, 2.75) is 38.6 Å². The predicted octanol–water partition coefficient (Wildman–Crippen LogP) is 2.26. The minimum atomic E-state index is -0.182. The molecule has 1 saturated carbocycles. The zero-order valence-corrected chi connectivity index (χ0v) is 16.4. The summed E-state index contributed by atoms with van der Waals surface area (Å²) in [5.74, 6) is -0.0341. The van der Waals surface area contributed by atoms with Gasteiger partial charge in [-0.3, -0.25) is 19.3 Å². The van der Waals surface area contributed by atoms with Gasteiger partial charge in [0.2, 0.25) is 29.5 Å². The number of carbonyl (C=O) groups is 3. The summed E-state index contributed by atoms with van der Waals surface area (Å²) in [5.41, 5.74) is 0.813. The summed E-state index contributed by atoms with van der Waals surface area (Å²) < 4.78 is 5.63. The van der Waals surface area contributed by atoms with E-state index in [4.69, 9.17) is 4.42 Å². The molecule has 2 atom stereocenters. The topological polar surface area (TPSA) is 96.6 Å². The number of amides is 3. The Balaban J connectivity index is 1.32. The highest BCUT2D eigenvalue weighted by molar-refractivity contribution is 6.05. The van der Waals surface area contributed by atoms with Crippen molar-refractivity contribution in [1.29, 1.82) is 0 Å². The number of nitrogens with zero attached hydrogens (tertiary/aromatic N) is 4. The van der Waals surface area contributed by atoms with Crippen molar-refractivity contribution in [2.24, 2.45) is 11.8 Å². The molecule has 1 aliphatic heterocycles. The van der Waals surface area contributed by atoms with E-state index < -0.39 is 0 Å². The Bertz CT molecular complexity index is 886. The summed E-state index contributed by atoms with van der Waals surface area (Å²) >= 11 is 0. The number of rotatable bonds is 6. The highest BCUT2D eigenvalue weighted by Gasteiger charge is 2.47. The lowest BCUT2D eigenvalue weighted by atomic mass is 9.81. The Morgan fingerprint density at radius 1 is 1.10 bits per heavy atom. The smallest absolute Gasteiger partial charge is 0.247 e. The summed E-state index contributed by atoms with van der Waals surface area (Å²) in [6, 6.07) is 9.40. The van der Waals surface area contributed by atoms with Gasteiger partial charge in [0.05, 0.1) is 18.4 Å². The fraction of sp³-hybridized carbons (Fsp3) is 0.476. The second kappa shape index (κ2) is 8.14. The van der Waals surface area contributed by atoms with Gasteiger partial charge in [0.15, 0.2) is 0 Å². The third-order valence-electron chi connectivity index (χ3n) is 5.77. The maximum Gasteiger partial charge on any atom is 0.247 e. The summed E-state index contributed by atoms with van der Waals surface area (Å²) in [7, 11) is 1.64. The van der Waals surface area contributed by atoms with Crippen LogP contribution in [0.15, 0.2) is 34.7 Å². The number of fused-ring (bicyclic) bond motifs is 1. The quantitative estimate of drug-likeness (QED) is 0.695. The van der Waals surface area contributed by atoms with Crippen LogP contribution in [0.3, 0.4) is 0 Å². The molecule has 0 radical (unpaired) electrons. The number of likely N-dealkylation sites (tertiary alicyclic amines) is 1. The van der Waals surface area contributed by atoms with Gasteiger partial charge in [-0.25, -0.2) is 0 Å².